The molecule has 0 atom stereocenters. The normalized spacial score (nSPS) is 10.9. The summed E-state index contributed by atoms with van der Waals surface area (Å²) < 4.78 is 13.1. The number of fused-ring (bicyclic) bond motifs is 1. The van der Waals surface area contributed by atoms with Crippen LogP contribution in [0.2, 0.25) is 0 Å². The maximum atomic E-state index is 13.1. The van der Waals surface area contributed by atoms with E-state index in [0.717, 1.165) is 22.0 Å². The minimum absolute atomic E-state index is 0.203. The Kier molecular flexibility index (Phi) is 2.37. The highest BCUT2D eigenvalue weighted by Crippen LogP contribution is 2.19. The van der Waals surface area contributed by atoms with E-state index in [4.69, 9.17) is 0 Å². The molecule has 0 aliphatic heterocycles. The summed E-state index contributed by atoms with van der Waals surface area (Å²) in [6, 6.07) is 12.6. The summed E-state index contributed by atoms with van der Waals surface area (Å²) in [6.07, 6.45) is 3.61. The van der Waals surface area contributed by atoms with Gasteiger partial charge in [-0.1, -0.05) is 24.3 Å². The molecule has 0 fully saturated rings. The van der Waals surface area contributed by atoms with Crippen molar-refractivity contribution < 1.29 is 4.39 Å². The number of halogens is 1. The van der Waals surface area contributed by atoms with Crippen LogP contribution >= 0.6 is 0 Å². The van der Waals surface area contributed by atoms with Crippen LogP contribution in [0.15, 0.2) is 42.5 Å². The highest BCUT2D eigenvalue weighted by atomic mass is 19.1. The van der Waals surface area contributed by atoms with Crippen LogP contribution in [-0.2, 0) is 6.42 Å². The Morgan fingerprint density at radius 2 is 2.06 bits per heavy atom. The second kappa shape index (κ2) is 4.01. The van der Waals surface area contributed by atoms with Gasteiger partial charge in [-0.05, 0) is 35.7 Å². The molecule has 3 rings (SSSR count). The fraction of sp³-hybridized carbons (Fsp3) is 0.0714. The Labute approximate surface area is 98.1 Å². The predicted octanol–water partition coefficient (Wildman–Crippen LogP) is 3.09. The Hall–Kier alpha value is -2.16. The summed E-state index contributed by atoms with van der Waals surface area (Å²) in [6.45, 7) is 0. The molecule has 2 nitrogen and oxygen atoms in total. The lowest BCUT2D eigenvalue weighted by molar-refractivity contribution is 0.626. The number of H-pyrrole nitrogens is 1. The maximum absolute atomic E-state index is 13.1. The number of aromatic amines is 1. The van der Waals surface area contributed by atoms with Crippen molar-refractivity contribution in [3.63, 3.8) is 0 Å². The average Bonchev–Trinajstić information content (AvgIpc) is 2.78. The number of nitrogens with one attached hydrogen (secondary N) is 1. The Morgan fingerprint density at radius 1 is 1.18 bits per heavy atom. The summed E-state index contributed by atoms with van der Waals surface area (Å²) in [4.78, 5) is 0. The maximum Gasteiger partial charge on any atom is 0.123 e. The lowest BCUT2D eigenvalue weighted by Crippen LogP contribution is -1.89. The van der Waals surface area contributed by atoms with Crippen molar-refractivity contribution in [1.29, 1.82) is 0 Å². The molecule has 1 heterocycles. The molecule has 1 aromatic heterocycles. The third-order valence-electron chi connectivity index (χ3n) is 2.78. The number of hydrogen-bond acceptors (Lipinski definition) is 1. The van der Waals surface area contributed by atoms with Gasteiger partial charge < -0.3 is 0 Å². The monoisotopic (exact) mass is 225 g/mol. The molecule has 0 unspecified atom stereocenters. The minimum Gasteiger partial charge on any atom is -0.277 e. The van der Waals surface area contributed by atoms with Crippen LogP contribution in [0.25, 0.3) is 10.9 Å². The first-order chi connectivity index (χ1) is 8.33. The van der Waals surface area contributed by atoms with Gasteiger partial charge in [0.2, 0.25) is 0 Å². The highest BCUT2D eigenvalue weighted by molar-refractivity contribution is 5.81. The summed E-state index contributed by atoms with van der Waals surface area (Å²) in [5.74, 6) is -0.203. The van der Waals surface area contributed by atoms with E-state index in [9.17, 15) is 4.39 Å². The van der Waals surface area contributed by atoms with Crippen LogP contribution in [0.5, 0.6) is 0 Å². The molecule has 0 saturated heterocycles. The quantitative estimate of drug-likeness (QED) is 0.713. The van der Waals surface area contributed by atoms with Crippen molar-refractivity contribution in [3.05, 3.63) is 65.6 Å². The molecule has 0 aliphatic rings. The van der Waals surface area contributed by atoms with E-state index in [1.54, 1.807) is 12.1 Å². The van der Waals surface area contributed by atoms with Gasteiger partial charge in [0.25, 0.3) is 0 Å². The lowest BCUT2D eigenvalue weighted by Gasteiger charge is -2.03. The van der Waals surface area contributed by atoms with E-state index in [0.29, 0.717) is 6.42 Å². The number of aromatic nitrogens is 2. The molecule has 0 spiro atoms. The number of benzene rings is 2. The van der Waals surface area contributed by atoms with Crippen molar-refractivity contribution in [2.45, 2.75) is 6.42 Å². The zero-order valence-electron chi connectivity index (χ0n) is 9.07. The van der Waals surface area contributed by atoms with E-state index in [1.165, 1.54) is 6.07 Å². The highest BCUT2D eigenvalue weighted by Gasteiger charge is 2.04. The van der Waals surface area contributed by atoms with Gasteiger partial charge in [-0.3, -0.25) is 5.10 Å². The number of hydrogen-bond donors (Lipinski definition) is 1. The minimum atomic E-state index is -0.203. The lowest BCUT2D eigenvalue weighted by atomic mass is 10.0. The SMILES string of the molecule is Fc1cccc(Cc2cccc3[nH]n[c]c23)c1. The smallest absolute Gasteiger partial charge is 0.123 e. The second-order valence-corrected chi connectivity index (χ2v) is 3.98. The first-order valence-electron chi connectivity index (χ1n) is 5.41. The largest absolute Gasteiger partial charge is 0.277 e. The van der Waals surface area contributed by atoms with Gasteiger partial charge in [-0.15, -0.1) is 0 Å². The topological polar surface area (TPSA) is 28.7 Å². The summed E-state index contributed by atoms with van der Waals surface area (Å²) in [7, 11) is 0. The predicted molar refractivity (Wildman–Crippen MR) is 64.1 cm³/mol. The van der Waals surface area contributed by atoms with Crippen LogP contribution < -0.4 is 0 Å². The summed E-state index contributed by atoms with van der Waals surface area (Å²) in [5.41, 5.74) is 3.01. The van der Waals surface area contributed by atoms with Gasteiger partial charge in [0.15, 0.2) is 0 Å². The fourth-order valence-corrected chi connectivity index (χ4v) is 1.98. The third kappa shape index (κ3) is 1.91. The van der Waals surface area contributed by atoms with E-state index < -0.39 is 0 Å². The molecule has 0 amide bonds. The molecule has 17 heavy (non-hydrogen) atoms. The molecule has 3 heteroatoms. The molecule has 2 aromatic carbocycles. The first kappa shape index (κ1) is 10.0. The molecule has 1 N–H and O–H groups in total. The zero-order chi connectivity index (χ0) is 11.7. The van der Waals surface area contributed by atoms with Gasteiger partial charge >= 0.3 is 0 Å². The van der Waals surface area contributed by atoms with Gasteiger partial charge in [-0.25, -0.2) is 4.39 Å². The molecule has 0 saturated carbocycles. The van der Waals surface area contributed by atoms with Gasteiger partial charge in [0, 0.05) is 5.39 Å². The van der Waals surface area contributed by atoms with Crippen LogP contribution in [-0.4, -0.2) is 10.2 Å². The molecule has 3 aromatic rings. The summed E-state index contributed by atoms with van der Waals surface area (Å²) in [5, 5.41) is 7.74. The average molecular weight is 225 g/mol. The summed E-state index contributed by atoms with van der Waals surface area (Å²) >= 11 is 0. The van der Waals surface area contributed by atoms with E-state index in [-0.39, 0.29) is 5.82 Å². The Balaban J connectivity index is 2.02. The second-order valence-electron chi connectivity index (χ2n) is 3.98. The zero-order valence-corrected chi connectivity index (χ0v) is 9.07. The van der Waals surface area contributed by atoms with Crippen LogP contribution in [0.4, 0.5) is 4.39 Å². The van der Waals surface area contributed by atoms with Crippen molar-refractivity contribution in [2.24, 2.45) is 0 Å². The molecule has 0 bridgehead atoms. The third-order valence-corrected chi connectivity index (χ3v) is 2.78. The van der Waals surface area contributed by atoms with Crippen LogP contribution in [0, 0.1) is 12.0 Å². The number of nitrogens with zero attached hydrogens (tertiary/aromatic N) is 1. The fourth-order valence-electron chi connectivity index (χ4n) is 1.98. The van der Waals surface area contributed by atoms with Crippen molar-refractivity contribution >= 4 is 10.9 Å². The van der Waals surface area contributed by atoms with Crippen LogP contribution in [0.1, 0.15) is 11.1 Å². The molecule has 1 radical (unpaired) electrons. The molecule has 83 valence electrons. The first-order valence-corrected chi connectivity index (χ1v) is 5.41. The van der Waals surface area contributed by atoms with Crippen molar-refractivity contribution in [1.82, 2.24) is 10.2 Å². The Morgan fingerprint density at radius 3 is 2.94 bits per heavy atom. The van der Waals surface area contributed by atoms with Crippen molar-refractivity contribution in [3.8, 4) is 0 Å². The van der Waals surface area contributed by atoms with E-state index in [2.05, 4.69) is 16.4 Å². The van der Waals surface area contributed by atoms with Crippen LogP contribution in [0.3, 0.4) is 0 Å². The van der Waals surface area contributed by atoms with Gasteiger partial charge in [-0.2, -0.15) is 5.10 Å². The molecular weight excluding hydrogens is 215 g/mol. The molecular formula is C14H10FN2. The van der Waals surface area contributed by atoms with E-state index >= 15 is 0 Å². The Bertz CT molecular complexity index is 658. The molecule has 0 aliphatic carbocycles. The van der Waals surface area contributed by atoms with Crippen molar-refractivity contribution in [2.75, 3.05) is 0 Å². The number of rotatable bonds is 2. The standard InChI is InChI=1S/C14H10FN2/c15-12-5-1-3-10(8-12)7-11-4-2-6-14-13(11)9-16-17-14/h1-6,8H,7H2,(H,16,17). The van der Waals surface area contributed by atoms with Gasteiger partial charge in [0.1, 0.15) is 12.0 Å². The van der Waals surface area contributed by atoms with Gasteiger partial charge in [0.05, 0.1) is 5.52 Å². The van der Waals surface area contributed by atoms with E-state index in [1.807, 2.05) is 24.3 Å².